The molecule has 2 heterocycles. The summed E-state index contributed by atoms with van der Waals surface area (Å²) in [6.45, 7) is 4.24. The average Bonchev–Trinajstić information content (AvgIpc) is 3.13. The normalized spacial score (nSPS) is 23.1. The van der Waals surface area contributed by atoms with Crippen LogP contribution >= 0.6 is 0 Å². The summed E-state index contributed by atoms with van der Waals surface area (Å²) in [4.78, 5) is 14.6. The molecule has 5 rings (SSSR count). The molecular formula is C28H28F2N2O. The van der Waals surface area contributed by atoms with Gasteiger partial charge >= 0.3 is 0 Å². The van der Waals surface area contributed by atoms with Gasteiger partial charge in [-0.1, -0.05) is 54.6 Å². The third-order valence-corrected chi connectivity index (χ3v) is 7.19. The fourth-order valence-electron chi connectivity index (χ4n) is 5.57. The lowest BCUT2D eigenvalue weighted by molar-refractivity contribution is -0.125. The molecule has 0 aliphatic carbocycles. The summed E-state index contributed by atoms with van der Waals surface area (Å²) in [5.41, 5.74) is 5.15. The summed E-state index contributed by atoms with van der Waals surface area (Å²) in [7, 11) is 0. The molecule has 0 radical (unpaired) electrons. The number of amides is 1. The molecule has 0 saturated carbocycles. The molecule has 2 fully saturated rings. The fourth-order valence-corrected chi connectivity index (χ4v) is 5.57. The first-order valence-corrected chi connectivity index (χ1v) is 11.6. The van der Waals surface area contributed by atoms with Crippen molar-refractivity contribution in [2.45, 2.75) is 44.2 Å². The predicted octanol–water partition coefficient (Wildman–Crippen LogP) is 5.58. The molecule has 2 aliphatic rings. The van der Waals surface area contributed by atoms with E-state index in [1.165, 1.54) is 34.4 Å². The molecule has 2 aliphatic heterocycles. The van der Waals surface area contributed by atoms with Gasteiger partial charge in [0.15, 0.2) is 11.6 Å². The number of carbonyl (C=O) groups is 1. The van der Waals surface area contributed by atoms with Crippen LogP contribution in [0.25, 0.3) is 11.1 Å². The second-order valence-corrected chi connectivity index (χ2v) is 9.47. The Morgan fingerprint density at radius 1 is 1.03 bits per heavy atom. The van der Waals surface area contributed by atoms with E-state index in [-0.39, 0.29) is 11.8 Å². The van der Waals surface area contributed by atoms with Crippen molar-refractivity contribution in [1.29, 1.82) is 0 Å². The second kappa shape index (κ2) is 8.71. The number of piperidine rings is 1. The first-order chi connectivity index (χ1) is 15.9. The largest absolute Gasteiger partial charge is 0.349 e. The maximum absolute atomic E-state index is 14.0. The number of benzene rings is 3. The third-order valence-electron chi connectivity index (χ3n) is 7.19. The van der Waals surface area contributed by atoms with Crippen molar-refractivity contribution in [3.63, 3.8) is 0 Å². The van der Waals surface area contributed by atoms with Gasteiger partial charge in [-0.25, -0.2) is 8.78 Å². The Morgan fingerprint density at radius 3 is 2.55 bits per heavy atom. The van der Waals surface area contributed by atoms with E-state index in [4.69, 9.17) is 0 Å². The van der Waals surface area contributed by atoms with E-state index < -0.39 is 17.2 Å². The van der Waals surface area contributed by atoms with Crippen LogP contribution in [0.15, 0.2) is 66.7 Å². The Balaban J connectivity index is 1.38. The zero-order valence-electron chi connectivity index (χ0n) is 18.8. The molecular weight excluding hydrogens is 418 g/mol. The second-order valence-electron chi connectivity index (χ2n) is 9.47. The fraction of sp³-hybridized carbons (Fsp3) is 0.321. The smallest absolute Gasteiger partial charge is 0.220 e. The summed E-state index contributed by atoms with van der Waals surface area (Å²) >= 11 is 0. The highest BCUT2D eigenvalue weighted by Gasteiger charge is 2.49. The molecule has 2 saturated heterocycles. The number of carbonyl (C=O) groups excluding carboxylic acids is 1. The maximum Gasteiger partial charge on any atom is 0.220 e. The molecule has 5 heteroatoms. The van der Waals surface area contributed by atoms with Crippen LogP contribution in [0.3, 0.4) is 0 Å². The van der Waals surface area contributed by atoms with E-state index in [0.29, 0.717) is 19.5 Å². The lowest BCUT2D eigenvalue weighted by atomic mass is 9.76. The number of nitrogens with zero attached hydrogens (tertiary/aromatic N) is 1. The third kappa shape index (κ3) is 4.30. The Hall–Kier alpha value is -3.05. The van der Waals surface area contributed by atoms with Gasteiger partial charge in [0.1, 0.15) is 0 Å². The quantitative estimate of drug-likeness (QED) is 0.568. The summed E-state index contributed by atoms with van der Waals surface area (Å²) in [6.07, 6.45) is 2.17. The van der Waals surface area contributed by atoms with Crippen LogP contribution in [-0.2, 0) is 11.3 Å². The van der Waals surface area contributed by atoms with Crippen molar-refractivity contribution in [1.82, 2.24) is 10.2 Å². The number of hydrogen-bond acceptors (Lipinski definition) is 2. The molecule has 2 atom stereocenters. The van der Waals surface area contributed by atoms with Gasteiger partial charge in [-0.05, 0) is 59.7 Å². The number of rotatable bonds is 4. The van der Waals surface area contributed by atoms with Crippen LogP contribution in [0.4, 0.5) is 8.78 Å². The van der Waals surface area contributed by atoms with Crippen molar-refractivity contribution in [2.24, 2.45) is 0 Å². The van der Waals surface area contributed by atoms with Gasteiger partial charge in [-0.2, -0.15) is 0 Å². The molecule has 3 nitrogen and oxygen atoms in total. The number of halogens is 2. The molecule has 1 spiro atoms. The molecule has 1 amide bonds. The van der Waals surface area contributed by atoms with E-state index in [1.807, 2.05) is 6.07 Å². The van der Waals surface area contributed by atoms with Gasteiger partial charge in [0, 0.05) is 32.0 Å². The van der Waals surface area contributed by atoms with E-state index in [1.54, 1.807) is 6.07 Å². The van der Waals surface area contributed by atoms with Crippen LogP contribution < -0.4 is 5.32 Å². The highest BCUT2D eigenvalue weighted by atomic mass is 19.2. The maximum atomic E-state index is 14.0. The molecule has 3 aromatic carbocycles. The molecule has 0 bridgehead atoms. The van der Waals surface area contributed by atoms with Crippen molar-refractivity contribution in [3.05, 3.63) is 95.1 Å². The van der Waals surface area contributed by atoms with E-state index in [0.717, 1.165) is 24.9 Å². The minimum Gasteiger partial charge on any atom is -0.349 e. The van der Waals surface area contributed by atoms with Gasteiger partial charge in [-0.15, -0.1) is 0 Å². The molecule has 33 heavy (non-hydrogen) atoms. The van der Waals surface area contributed by atoms with Crippen molar-refractivity contribution in [3.8, 4) is 11.1 Å². The standard InChI is InChI=1S/C28H28F2N2O/c1-19-5-2-3-6-23(19)21-10-8-20(9-11-21)16-32-17-24(22-12-13-25(29)26(30)15-22)28(18-32)14-4-7-27(33)31-28/h2-3,5-6,8-13,15,24H,4,7,14,16-18H2,1H3,(H,31,33)/t24-,28+/m0/s1. The minimum atomic E-state index is -0.843. The van der Waals surface area contributed by atoms with Gasteiger partial charge in [0.05, 0.1) is 5.54 Å². The SMILES string of the molecule is Cc1ccccc1-c1ccc(CN2C[C@@H](c3ccc(F)c(F)c3)[C@@]3(CCCC(=O)N3)C2)cc1. The molecule has 170 valence electrons. The molecule has 3 aromatic rings. The Kier molecular flexibility index (Phi) is 5.75. The number of aryl methyl sites for hydroxylation is 1. The van der Waals surface area contributed by atoms with E-state index in [2.05, 4.69) is 59.6 Å². The van der Waals surface area contributed by atoms with E-state index in [9.17, 15) is 13.6 Å². The molecule has 0 aromatic heterocycles. The summed E-state index contributed by atoms with van der Waals surface area (Å²) in [5, 5.41) is 3.23. The van der Waals surface area contributed by atoms with Crippen LogP contribution in [0.2, 0.25) is 0 Å². The zero-order chi connectivity index (χ0) is 23.0. The highest BCUT2D eigenvalue weighted by molar-refractivity contribution is 5.78. The predicted molar refractivity (Wildman–Crippen MR) is 126 cm³/mol. The number of nitrogens with one attached hydrogen (secondary N) is 1. The first-order valence-electron chi connectivity index (χ1n) is 11.6. The van der Waals surface area contributed by atoms with Gasteiger partial charge < -0.3 is 5.32 Å². The van der Waals surface area contributed by atoms with Crippen molar-refractivity contribution in [2.75, 3.05) is 13.1 Å². The highest BCUT2D eigenvalue weighted by Crippen LogP contribution is 2.42. The monoisotopic (exact) mass is 446 g/mol. The number of likely N-dealkylation sites (tertiary alicyclic amines) is 1. The molecule has 1 N–H and O–H groups in total. The van der Waals surface area contributed by atoms with Crippen LogP contribution in [0, 0.1) is 18.6 Å². The topological polar surface area (TPSA) is 32.3 Å². The van der Waals surface area contributed by atoms with Crippen LogP contribution in [0.5, 0.6) is 0 Å². The summed E-state index contributed by atoms with van der Waals surface area (Å²) < 4.78 is 27.6. The Morgan fingerprint density at radius 2 is 1.82 bits per heavy atom. The van der Waals surface area contributed by atoms with Gasteiger partial charge in [-0.3, -0.25) is 9.69 Å². The lowest BCUT2D eigenvalue weighted by Crippen LogP contribution is -2.56. The Bertz CT molecular complexity index is 1180. The van der Waals surface area contributed by atoms with Gasteiger partial charge in [0.25, 0.3) is 0 Å². The first kappa shape index (κ1) is 21.8. The van der Waals surface area contributed by atoms with Crippen LogP contribution in [0.1, 0.15) is 41.9 Å². The van der Waals surface area contributed by atoms with Gasteiger partial charge in [0.2, 0.25) is 5.91 Å². The number of hydrogen-bond donors (Lipinski definition) is 1. The lowest BCUT2D eigenvalue weighted by Gasteiger charge is -2.39. The summed E-state index contributed by atoms with van der Waals surface area (Å²) in [5.74, 6) is -1.72. The van der Waals surface area contributed by atoms with E-state index >= 15 is 0 Å². The summed E-state index contributed by atoms with van der Waals surface area (Å²) in [6, 6.07) is 21.1. The average molecular weight is 447 g/mol. The molecule has 0 unspecified atom stereocenters. The van der Waals surface area contributed by atoms with Crippen molar-refractivity contribution < 1.29 is 13.6 Å². The van der Waals surface area contributed by atoms with Crippen LogP contribution in [-0.4, -0.2) is 29.4 Å². The Labute approximate surface area is 193 Å². The minimum absolute atomic E-state index is 0.0401. The van der Waals surface area contributed by atoms with Crippen molar-refractivity contribution >= 4 is 5.91 Å². The zero-order valence-corrected chi connectivity index (χ0v) is 18.8.